The number of hydrogen-bond acceptors (Lipinski definition) is 3. The lowest BCUT2D eigenvalue weighted by Crippen LogP contribution is -2.26. The summed E-state index contributed by atoms with van der Waals surface area (Å²) in [6.45, 7) is 7.27. The van der Waals surface area contributed by atoms with Gasteiger partial charge in [0.25, 0.3) is 0 Å². The van der Waals surface area contributed by atoms with Crippen molar-refractivity contribution in [3.05, 3.63) is 59.7 Å². The van der Waals surface area contributed by atoms with E-state index in [4.69, 9.17) is 0 Å². The topological polar surface area (TPSA) is 54.5 Å². The van der Waals surface area contributed by atoms with E-state index in [1.54, 1.807) is 13.8 Å². The third kappa shape index (κ3) is 5.72. The molecule has 4 nitrogen and oxygen atoms in total. The first-order valence-corrected chi connectivity index (χ1v) is 12.7. The van der Waals surface area contributed by atoms with Gasteiger partial charge < -0.3 is 4.90 Å². The molecule has 0 bridgehead atoms. The van der Waals surface area contributed by atoms with Crippen LogP contribution >= 0.6 is 0 Å². The number of likely N-dealkylation sites (tertiary alicyclic amines) is 1. The molecule has 1 aliphatic heterocycles. The molecule has 0 N–H and O–H groups in total. The van der Waals surface area contributed by atoms with Crippen molar-refractivity contribution in [3.63, 3.8) is 0 Å². The van der Waals surface area contributed by atoms with E-state index in [0.29, 0.717) is 12.8 Å². The maximum atomic E-state index is 12.1. The zero-order valence-electron chi connectivity index (χ0n) is 18.3. The van der Waals surface area contributed by atoms with Gasteiger partial charge in [0.05, 0.1) is 11.0 Å². The Kier molecular flexibility index (Phi) is 7.35. The maximum Gasteiger partial charge on any atom is 0.222 e. The molecule has 0 aliphatic carbocycles. The lowest BCUT2D eigenvalue weighted by atomic mass is 9.95. The van der Waals surface area contributed by atoms with E-state index in [0.717, 1.165) is 37.1 Å². The summed E-state index contributed by atoms with van der Waals surface area (Å²) in [7, 11) is -2.99. The van der Waals surface area contributed by atoms with Gasteiger partial charge in [-0.25, -0.2) is 8.42 Å². The number of hydrogen-bond donors (Lipinski definition) is 0. The highest BCUT2D eigenvalue weighted by atomic mass is 32.2. The van der Waals surface area contributed by atoms with Gasteiger partial charge in [0.1, 0.15) is 0 Å². The Bertz CT molecular complexity index is 947. The van der Waals surface area contributed by atoms with Crippen molar-refractivity contribution in [3.8, 4) is 11.1 Å². The Balaban J connectivity index is 1.57. The van der Waals surface area contributed by atoms with E-state index in [1.165, 1.54) is 11.1 Å². The van der Waals surface area contributed by atoms with Crippen LogP contribution in [0.15, 0.2) is 48.5 Å². The molecule has 2 aromatic carbocycles. The number of carbonyl (C=O) groups is 1. The molecule has 2 aromatic rings. The second kappa shape index (κ2) is 9.78. The minimum Gasteiger partial charge on any atom is -0.342 e. The summed E-state index contributed by atoms with van der Waals surface area (Å²) in [5, 5.41) is -0.314. The summed E-state index contributed by atoms with van der Waals surface area (Å²) in [6, 6.07) is 17.0. The van der Waals surface area contributed by atoms with Gasteiger partial charge in [-0.05, 0) is 61.3 Å². The van der Waals surface area contributed by atoms with Crippen molar-refractivity contribution in [1.29, 1.82) is 0 Å². The average Bonchev–Trinajstić information content (AvgIpc) is 3.15. The van der Waals surface area contributed by atoms with Crippen molar-refractivity contribution >= 4 is 15.7 Å². The minimum atomic E-state index is -2.99. The fraction of sp³-hybridized carbons (Fsp3) is 0.480. The summed E-state index contributed by atoms with van der Waals surface area (Å²) >= 11 is 0. The van der Waals surface area contributed by atoms with Crippen molar-refractivity contribution < 1.29 is 13.2 Å². The highest BCUT2D eigenvalue weighted by Gasteiger charge is 2.19. The number of nitrogens with zero attached hydrogens (tertiary/aromatic N) is 1. The van der Waals surface area contributed by atoms with Crippen LogP contribution in [0.4, 0.5) is 0 Å². The fourth-order valence-corrected chi connectivity index (χ4v) is 4.97. The van der Waals surface area contributed by atoms with Crippen LogP contribution in [0.5, 0.6) is 0 Å². The number of sulfone groups is 1. The molecule has 5 heteroatoms. The Labute approximate surface area is 181 Å². The van der Waals surface area contributed by atoms with Gasteiger partial charge in [0.15, 0.2) is 9.84 Å². The van der Waals surface area contributed by atoms with E-state index in [9.17, 15) is 13.2 Å². The standard InChI is InChI=1S/C25H33NO3S/c1-19(2)30(28,29)18-15-20(3)22-10-12-24(13-11-22)23-8-6-21(7-9-23)14-17-26-16-4-5-25(26)27/h6-13,19-20H,4-5,14-18H2,1-3H3/t20-/m0/s1. The molecule has 1 atom stereocenters. The Morgan fingerprint density at radius 3 is 2.07 bits per heavy atom. The lowest BCUT2D eigenvalue weighted by Gasteiger charge is -2.15. The Hall–Kier alpha value is -2.14. The quantitative estimate of drug-likeness (QED) is 0.576. The molecule has 162 valence electrons. The SMILES string of the molecule is CC(C)S(=O)(=O)CC[C@H](C)c1ccc(-c2ccc(CCN3CCCC3=O)cc2)cc1. The van der Waals surface area contributed by atoms with Crippen LogP contribution in [0, 0.1) is 0 Å². The smallest absolute Gasteiger partial charge is 0.222 e. The van der Waals surface area contributed by atoms with Crippen LogP contribution in [0.1, 0.15) is 57.1 Å². The number of carbonyl (C=O) groups excluding carboxylic acids is 1. The molecule has 3 rings (SSSR count). The number of benzene rings is 2. The van der Waals surface area contributed by atoms with Gasteiger partial charge in [-0.2, -0.15) is 0 Å². The summed E-state index contributed by atoms with van der Waals surface area (Å²) in [5.41, 5.74) is 4.74. The molecule has 30 heavy (non-hydrogen) atoms. The Morgan fingerprint density at radius 1 is 0.933 bits per heavy atom. The third-order valence-electron chi connectivity index (χ3n) is 6.16. The van der Waals surface area contributed by atoms with E-state index < -0.39 is 9.84 Å². The summed E-state index contributed by atoms with van der Waals surface area (Å²) in [6.07, 6.45) is 3.22. The molecular formula is C25H33NO3S. The monoisotopic (exact) mass is 427 g/mol. The molecule has 1 saturated heterocycles. The second-order valence-electron chi connectivity index (χ2n) is 8.66. The predicted molar refractivity (Wildman–Crippen MR) is 123 cm³/mol. The van der Waals surface area contributed by atoms with Crippen LogP contribution in [0.2, 0.25) is 0 Å². The lowest BCUT2D eigenvalue weighted by molar-refractivity contribution is -0.127. The largest absolute Gasteiger partial charge is 0.342 e. The molecule has 1 heterocycles. The molecule has 0 saturated carbocycles. The Morgan fingerprint density at radius 2 is 1.53 bits per heavy atom. The van der Waals surface area contributed by atoms with Gasteiger partial charge >= 0.3 is 0 Å². The molecule has 0 spiro atoms. The maximum absolute atomic E-state index is 12.1. The van der Waals surface area contributed by atoms with Crippen molar-refractivity contribution in [1.82, 2.24) is 4.90 Å². The van der Waals surface area contributed by atoms with Crippen LogP contribution in [0.25, 0.3) is 11.1 Å². The third-order valence-corrected chi connectivity index (χ3v) is 8.40. The predicted octanol–water partition coefficient (Wildman–Crippen LogP) is 4.84. The van der Waals surface area contributed by atoms with Crippen LogP contribution < -0.4 is 0 Å². The first kappa shape index (κ1) is 22.5. The minimum absolute atomic E-state index is 0.211. The number of rotatable bonds is 9. The zero-order chi connectivity index (χ0) is 21.7. The average molecular weight is 428 g/mol. The molecular weight excluding hydrogens is 394 g/mol. The van der Waals surface area contributed by atoms with Crippen LogP contribution in [0.3, 0.4) is 0 Å². The van der Waals surface area contributed by atoms with Gasteiger partial charge in [-0.3, -0.25) is 4.79 Å². The molecule has 0 unspecified atom stereocenters. The summed E-state index contributed by atoms with van der Waals surface area (Å²) < 4.78 is 24.1. The van der Waals surface area contributed by atoms with Crippen LogP contribution in [-0.2, 0) is 21.1 Å². The fourth-order valence-electron chi connectivity index (χ4n) is 3.82. The molecule has 1 aliphatic rings. The van der Waals surface area contributed by atoms with Gasteiger partial charge in [0.2, 0.25) is 5.91 Å². The molecule has 1 amide bonds. The second-order valence-corrected chi connectivity index (χ2v) is 11.3. The first-order valence-electron chi connectivity index (χ1n) is 10.9. The van der Waals surface area contributed by atoms with Gasteiger partial charge in [-0.1, -0.05) is 55.5 Å². The van der Waals surface area contributed by atoms with Crippen molar-refractivity contribution in [2.45, 2.75) is 57.6 Å². The first-order chi connectivity index (χ1) is 14.3. The van der Waals surface area contributed by atoms with Gasteiger partial charge in [-0.15, -0.1) is 0 Å². The highest BCUT2D eigenvalue weighted by molar-refractivity contribution is 7.91. The van der Waals surface area contributed by atoms with Crippen LogP contribution in [-0.4, -0.2) is 43.3 Å². The zero-order valence-corrected chi connectivity index (χ0v) is 19.1. The molecule has 0 aromatic heterocycles. The van der Waals surface area contributed by atoms with Crippen molar-refractivity contribution in [2.24, 2.45) is 0 Å². The number of amides is 1. The van der Waals surface area contributed by atoms with E-state index in [2.05, 4.69) is 55.5 Å². The molecule has 0 radical (unpaired) electrons. The van der Waals surface area contributed by atoms with E-state index in [1.807, 2.05) is 4.90 Å². The normalized spacial score (nSPS) is 15.7. The molecule has 1 fully saturated rings. The van der Waals surface area contributed by atoms with Gasteiger partial charge in [0, 0.05) is 19.5 Å². The van der Waals surface area contributed by atoms with E-state index in [-0.39, 0.29) is 22.8 Å². The van der Waals surface area contributed by atoms with E-state index >= 15 is 0 Å². The summed E-state index contributed by atoms with van der Waals surface area (Å²) in [5.74, 6) is 0.726. The summed E-state index contributed by atoms with van der Waals surface area (Å²) in [4.78, 5) is 13.7. The highest BCUT2D eigenvalue weighted by Crippen LogP contribution is 2.25. The van der Waals surface area contributed by atoms with Crippen molar-refractivity contribution in [2.75, 3.05) is 18.8 Å².